The summed E-state index contributed by atoms with van der Waals surface area (Å²) in [7, 11) is 4.06. The average molecular weight is 453 g/mol. The molecule has 5 heteroatoms. The minimum absolute atomic E-state index is 0.0110. The Bertz CT molecular complexity index is 1380. The Kier molecular flexibility index (Phi) is 5.31. The van der Waals surface area contributed by atoms with Gasteiger partial charge in [0.15, 0.2) is 11.4 Å². The quantitative estimate of drug-likeness (QED) is 0.353. The first-order chi connectivity index (χ1) is 16.2. The second-order valence-electron chi connectivity index (χ2n) is 10.6. The Labute approximate surface area is 201 Å². The summed E-state index contributed by atoms with van der Waals surface area (Å²) < 4.78 is 1.93. The number of pyridine rings is 1. The molecule has 5 nitrogen and oxygen atoms in total. The van der Waals surface area contributed by atoms with Crippen LogP contribution in [0.3, 0.4) is 0 Å². The molecule has 0 N–H and O–H groups in total. The van der Waals surface area contributed by atoms with Crippen LogP contribution < -0.4 is 4.90 Å². The molecule has 4 aromatic rings. The SMILES string of the molecule is Cc1nn(-c2ccccc2)c2nc(-c3ccc(N(C)C)cc3)c3c(c12)C(C(C)(C)C)CCC3=O. The standard InChI is InChI=1S/C29H32N4O/c1-18-24-25-22(29(2,3)4)16-17-23(34)26(25)27(19-12-14-20(15-13-19)32(5)6)30-28(24)33(31-18)21-10-8-7-9-11-21/h7-15,22H,16-17H2,1-6H3. The van der Waals surface area contributed by atoms with E-state index in [1.54, 1.807) is 0 Å². The fraction of sp³-hybridized carbons (Fsp3) is 0.345. The molecule has 0 spiro atoms. The number of nitrogens with zero attached hydrogens (tertiary/aromatic N) is 4. The summed E-state index contributed by atoms with van der Waals surface area (Å²) in [6.45, 7) is 8.85. The molecular formula is C29H32N4O. The van der Waals surface area contributed by atoms with Crippen molar-refractivity contribution in [2.75, 3.05) is 19.0 Å². The van der Waals surface area contributed by atoms with Crippen molar-refractivity contribution in [3.8, 4) is 16.9 Å². The molecule has 1 aliphatic rings. The highest BCUT2D eigenvalue weighted by atomic mass is 16.1. The zero-order valence-corrected chi connectivity index (χ0v) is 20.9. The molecular weight excluding hydrogens is 420 g/mol. The molecule has 1 unspecified atom stereocenters. The second kappa shape index (κ2) is 8.08. The lowest BCUT2D eigenvalue weighted by molar-refractivity contribution is 0.0955. The van der Waals surface area contributed by atoms with E-state index in [1.165, 1.54) is 0 Å². The van der Waals surface area contributed by atoms with Crippen molar-refractivity contribution >= 4 is 22.5 Å². The molecule has 0 saturated heterocycles. The van der Waals surface area contributed by atoms with E-state index in [0.717, 1.165) is 56.9 Å². The topological polar surface area (TPSA) is 51.0 Å². The van der Waals surface area contributed by atoms with E-state index in [2.05, 4.69) is 49.9 Å². The molecule has 0 aliphatic heterocycles. The van der Waals surface area contributed by atoms with Gasteiger partial charge in [-0.2, -0.15) is 5.10 Å². The van der Waals surface area contributed by atoms with Crippen LogP contribution in [0, 0.1) is 12.3 Å². The highest BCUT2D eigenvalue weighted by Gasteiger charge is 2.38. The summed E-state index contributed by atoms with van der Waals surface area (Å²) in [5.41, 5.74) is 7.47. The maximum absolute atomic E-state index is 13.5. The van der Waals surface area contributed by atoms with Gasteiger partial charge in [0.2, 0.25) is 0 Å². The number of para-hydroxylation sites is 1. The van der Waals surface area contributed by atoms with Gasteiger partial charge in [0.1, 0.15) is 0 Å². The van der Waals surface area contributed by atoms with E-state index in [9.17, 15) is 4.79 Å². The number of aryl methyl sites for hydroxylation is 1. The van der Waals surface area contributed by atoms with Gasteiger partial charge in [-0.1, -0.05) is 51.1 Å². The third kappa shape index (κ3) is 3.60. The number of rotatable bonds is 3. The van der Waals surface area contributed by atoms with Gasteiger partial charge in [-0.15, -0.1) is 0 Å². The largest absolute Gasteiger partial charge is 0.378 e. The smallest absolute Gasteiger partial charge is 0.165 e. The maximum atomic E-state index is 13.5. The van der Waals surface area contributed by atoms with E-state index in [4.69, 9.17) is 10.1 Å². The van der Waals surface area contributed by atoms with E-state index in [-0.39, 0.29) is 17.1 Å². The summed E-state index contributed by atoms with van der Waals surface area (Å²) in [5, 5.41) is 5.95. The van der Waals surface area contributed by atoms with Crippen LogP contribution in [0.1, 0.15) is 61.1 Å². The number of carbonyl (C=O) groups is 1. The fourth-order valence-corrected chi connectivity index (χ4v) is 5.27. The van der Waals surface area contributed by atoms with Crippen LogP contribution in [0.25, 0.3) is 28.0 Å². The van der Waals surface area contributed by atoms with E-state index in [1.807, 2.05) is 56.0 Å². The lowest BCUT2D eigenvalue weighted by Gasteiger charge is -2.36. The summed E-state index contributed by atoms with van der Waals surface area (Å²) in [6.07, 6.45) is 1.40. The molecule has 0 fully saturated rings. The number of fused-ring (bicyclic) bond motifs is 3. The Hall–Kier alpha value is -3.47. The molecule has 0 bridgehead atoms. The van der Waals surface area contributed by atoms with Gasteiger partial charge in [-0.3, -0.25) is 4.79 Å². The van der Waals surface area contributed by atoms with Gasteiger partial charge in [-0.25, -0.2) is 9.67 Å². The van der Waals surface area contributed by atoms with Gasteiger partial charge in [-0.05, 0) is 54.5 Å². The number of hydrogen-bond acceptors (Lipinski definition) is 4. The van der Waals surface area contributed by atoms with Crippen molar-refractivity contribution in [2.45, 2.75) is 46.5 Å². The zero-order chi connectivity index (χ0) is 24.2. The number of Topliss-reactive ketones (excluding diaryl/α,β-unsaturated/α-hetero) is 1. The summed E-state index contributed by atoms with van der Waals surface area (Å²) in [6, 6.07) is 18.4. The number of hydrogen-bond donors (Lipinski definition) is 0. The Morgan fingerprint density at radius 1 is 1.00 bits per heavy atom. The van der Waals surface area contributed by atoms with Gasteiger partial charge >= 0.3 is 0 Å². The van der Waals surface area contributed by atoms with Crippen LogP contribution in [0.2, 0.25) is 0 Å². The maximum Gasteiger partial charge on any atom is 0.165 e. The van der Waals surface area contributed by atoms with Crippen LogP contribution in [0.15, 0.2) is 54.6 Å². The molecule has 174 valence electrons. The number of anilines is 1. The molecule has 0 amide bonds. The molecule has 1 atom stereocenters. The first-order valence-electron chi connectivity index (χ1n) is 12.0. The zero-order valence-electron chi connectivity index (χ0n) is 20.9. The number of carbonyl (C=O) groups excluding carboxylic acids is 1. The predicted molar refractivity (Wildman–Crippen MR) is 139 cm³/mol. The van der Waals surface area contributed by atoms with Crippen molar-refractivity contribution in [1.82, 2.24) is 14.8 Å². The van der Waals surface area contributed by atoms with Gasteiger partial charge in [0.25, 0.3) is 0 Å². The van der Waals surface area contributed by atoms with Crippen LogP contribution in [-0.4, -0.2) is 34.6 Å². The van der Waals surface area contributed by atoms with E-state index < -0.39 is 0 Å². The third-order valence-corrected chi connectivity index (χ3v) is 7.02. The lowest BCUT2D eigenvalue weighted by Crippen LogP contribution is -2.27. The van der Waals surface area contributed by atoms with Crippen LogP contribution >= 0.6 is 0 Å². The second-order valence-corrected chi connectivity index (χ2v) is 10.6. The van der Waals surface area contributed by atoms with E-state index in [0.29, 0.717) is 6.42 Å². The fourth-order valence-electron chi connectivity index (χ4n) is 5.27. The van der Waals surface area contributed by atoms with Gasteiger partial charge < -0.3 is 4.90 Å². The van der Waals surface area contributed by atoms with Gasteiger partial charge in [0.05, 0.1) is 17.1 Å². The molecule has 1 aliphatic carbocycles. The van der Waals surface area contributed by atoms with Crippen molar-refractivity contribution in [2.24, 2.45) is 5.41 Å². The first kappa shape index (κ1) is 22.3. The molecule has 2 aromatic heterocycles. The molecule has 2 aromatic carbocycles. The van der Waals surface area contributed by atoms with Crippen LogP contribution in [-0.2, 0) is 0 Å². The molecule has 2 heterocycles. The Morgan fingerprint density at radius 2 is 1.68 bits per heavy atom. The summed E-state index contributed by atoms with van der Waals surface area (Å²) in [4.78, 5) is 20.7. The molecule has 0 radical (unpaired) electrons. The molecule has 34 heavy (non-hydrogen) atoms. The van der Waals surface area contributed by atoms with Gasteiger partial charge in [0, 0.05) is 42.7 Å². The molecule has 5 rings (SSSR count). The molecule has 0 saturated carbocycles. The average Bonchev–Trinajstić information content (AvgIpc) is 3.15. The highest BCUT2D eigenvalue weighted by molar-refractivity contribution is 6.08. The Balaban J connectivity index is 1.88. The minimum atomic E-state index is 0.0110. The first-order valence-corrected chi connectivity index (χ1v) is 12.0. The van der Waals surface area contributed by atoms with Crippen molar-refractivity contribution in [3.63, 3.8) is 0 Å². The lowest BCUT2D eigenvalue weighted by atomic mass is 9.67. The monoisotopic (exact) mass is 452 g/mol. The third-order valence-electron chi connectivity index (χ3n) is 7.02. The Morgan fingerprint density at radius 3 is 2.29 bits per heavy atom. The van der Waals surface area contributed by atoms with Crippen LogP contribution in [0.4, 0.5) is 5.69 Å². The number of ketones is 1. The normalized spacial score (nSPS) is 16.1. The van der Waals surface area contributed by atoms with Crippen molar-refractivity contribution in [1.29, 1.82) is 0 Å². The predicted octanol–water partition coefficient (Wildman–Crippen LogP) is 6.57. The van der Waals surface area contributed by atoms with Crippen molar-refractivity contribution < 1.29 is 4.79 Å². The van der Waals surface area contributed by atoms with Crippen LogP contribution in [0.5, 0.6) is 0 Å². The number of aromatic nitrogens is 3. The minimum Gasteiger partial charge on any atom is -0.378 e. The van der Waals surface area contributed by atoms with E-state index >= 15 is 0 Å². The number of benzene rings is 2. The summed E-state index contributed by atoms with van der Waals surface area (Å²) in [5.74, 6) is 0.432. The highest BCUT2D eigenvalue weighted by Crippen LogP contribution is 2.49. The van der Waals surface area contributed by atoms with Crippen molar-refractivity contribution in [3.05, 3.63) is 71.4 Å². The summed E-state index contributed by atoms with van der Waals surface area (Å²) >= 11 is 0.